The van der Waals surface area contributed by atoms with E-state index in [0.29, 0.717) is 43.5 Å². The first kappa shape index (κ1) is 25.2. The average Bonchev–Trinajstić information content (AvgIpc) is 3.37. The lowest BCUT2D eigenvalue weighted by molar-refractivity contribution is -0.139. The molecular formula is C26H29N5O4S. The van der Waals surface area contributed by atoms with E-state index < -0.39 is 11.9 Å². The third kappa shape index (κ3) is 6.19. The number of nitrogens with one attached hydrogen (secondary N) is 2. The van der Waals surface area contributed by atoms with Crippen molar-refractivity contribution in [2.45, 2.75) is 19.4 Å². The number of aromatic nitrogens is 1. The third-order valence-corrected chi connectivity index (χ3v) is 6.77. The molecule has 0 aliphatic carbocycles. The Bertz CT molecular complexity index is 1210. The highest BCUT2D eigenvalue weighted by molar-refractivity contribution is 7.14. The minimum atomic E-state index is -0.754. The van der Waals surface area contributed by atoms with Crippen molar-refractivity contribution in [1.82, 2.24) is 20.1 Å². The minimum absolute atomic E-state index is 0.00249. The number of benzene rings is 2. The van der Waals surface area contributed by atoms with Crippen LogP contribution in [0.25, 0.3) is 0 Å². The lowest BCUT2D eigenvalue weighted by atomic mass is 10.0. The second-order valence-electron chi connectivity index (χ2n) is 8.41. The summed E-state index contributed by atoms with van der Waals surface area (Å²) in [6.45, 7) is 3.36. The first-order chi connectivity index (χ1) is 17.4. The van der Waals surface area contributed by atoms with Gasteiger partial charge in [0.15, 0.2) is 5.13 Å². The molecule has 3 aromatic rings. The number of thiazole rings is 1. The third-order valence-electron chi connectivity index (χ3n) is 6.01. The van der Waals surface area contributed by atoms with Crippen LogP contribution in [0.15, 0.2) is 60.0 Å². The lowest BCUT2D eigenvalue weighted by Gasteiger charge is -2.36. The van der Waals surface area contributed by atoms with Gasteiger partial charge in [0, 0.05) is 44.9 Å². The van der Waals surface area contributed by atoms with Gasteiger partial charge in [0.2, 0.25) is 11.8 Å². The summed E-state index contributed by atoms with van der Waals surface area (Å²) in [5.74, 6) is 0.0726. The van der Waals surface area contributed by atoms with Crippen LogP contribution in [0.3, 0.4) is 0 Å². The summed E-state index contributed by atoms with van der Waals surface area (Å²) >= 11 is 1.29. The molecule has 1 aromatic heterocycles. The second-order valence-corrected chi connectivity index (χ2v) is 9.27. The normalized spacial score (nSPS) is 14.2. The molecule has 1 fully saturated rings. The Labute approximate surface area is 214 Å². The highest BCUT2D eigenvalue weighted by Crippen LogP contribution is 2.28. The number of rotatable bonds is 8. The number of para-hydroxylation sites is 2. The molecule has 0 radical (unpaired) electrons. The number of ether oxygens (including phenoxy) is 1. The molecule has 36 heavy (non-hydrogen) atoms. The van der Waals surface area contributed by atoms with Crippen molar-refractivity contribution in [3.05, 3.63) is 71.2 Å². The summed E-state index contributed by atoms with van der Waals surface area (Å²) in [6, 6.07) is 16.3. The standard InChI is InChI=1S/C26H29N5O4S/c1-18(32)30-12-14-31(15-13-30)25(34)21(16-19-8-4-3-5-9-19)27-24(33)22-17-36-26(29-22)28-20-10-6-7-11-23(20)35-2/h3-11,17,21H,12-16H2,1-2H3,(H,27,33)(H,28,29)/t21-/m1/s1. The number of piperazine rings is 1. The van der Waals surface area contributed by atoms with Crippen LogP contribution in [0.5, 0.6) is 5.75 Å². The van der Waals surface area contributed by atoms with E-state index >= 15 is 0 Å². The van der Waals surface area contributed by atoms with Crippen molar-refractivity contribution in [3.63, 3.8) is 0 Å². The van der Waals surface area contributed by atoms with Gasteiger partial charge >= 0.3 is 0 Å². The Morgan fingerprint density at radius 2 is 1.67 bits per heavy atom. The van der Waals surface area contributed by atoms with Crippen LogP contribution < -0.4 is 15.4 Å². The van der Waals surface area contributed by atoms with Crippen molar-refractivity contribution in [2.24, 2.45) is 0 Å². The Morgan fingerprint density at radius 3 is 2.36 bits per heavy atom. The maximum Gasteiger partial charge on any atom is 0.271 e. The molecule has 4 rings (SSSR count). The summed E-state index contributed by atoms with van der Waals surface area (Å²) in [5.41, 5.74) is 1.91. The van der Waals surface area contributed by atoms with Crippen LogP contribution in [0.1, 0.15) is 23.0 Å². The van der Waals surface area contributed by atoms with E-state index in [0.717, 1.165) is 11.3 Å². The molecule has 0 spiro atoms. The van der Waals surface area contributed by atoms with E-state index in [1.807, 2.05) is 54.6 Å². The van der Waals surface area contributed by atoms with Gasteiger partial charge in [0.25, 0.3) is 5.91 Å². The highest BCUT2D eigenvalue weighted by atomic mass is 32.1. The molecule has 2 N–H and O–H groups in total. The Morgan fingerprint density at radius 1 is 1.00 bits per heavy atom. The summed E-state index contributed by atoms with van der Waals surface area (Å²) in [4.78, 5) is 46.0. The quantitative estimate of drug-likeness (QED) is 0.486. The monoisotopic (exact) mass is 507 g/mol. The van der Waals surface area contributed by atoms with Gasteiger partial charge in [0.05, 0.1) is 12.8 Å². The van der Waals surface area contributed by atoms with Crippen molar-refractivity contribution < 1.29 is 19.1 Å². The topological polar surface area (TPSA) is 104 Å². The summed E-state index contributed by atoms with van der Waals surface area (Å²) in [6.07, 6.45) is 0.356. The minimum Gasteiger partial charge on any atom is -0.495 e. The van der Waals surface area contributed by atoms with Crippen LogP contribution in [0.2, 0.25) is 0 Å². The molecule has 2 heterocycles. The van der Waals surface area contributed by atoms with E-state index in [2.05, 4.69) is 15.6 Å². The first-order valence-corrected chi connectivity index (χ1v) is 12.6. The van der Waals surface area contributed by atoms with E-state index in [9.17, 15) is 14.4 Å². The molecule has 3 amide bonds. The number of hydrogen-bond acceptors (Lipinski definition) is 7. The zero-order valence-electron chi connectivity index (χ0n) is 20.3. The van der Waals surface area contributed by atoms with Crippen LogP contribution in [0, 0.1) is 0 Å². The fraction of sp³-hybridized carbons (Fsp3) is 0.308. The number of carbonyl (C=O) groups excluding carboxylic acids is 3. The number of methoxy groups -OCH3 is 1. The molecule has 0 unspecified atom stereocenters. The maximum absolute atomic E-state index is 13.4. The predicted octanol–water partition coefficient (Wildman–Crippen LogP) is 2.93. The molecule has 10 heteroatoms. The second kappa shape index (κ2) is 11.7. The molecule has 2 aromatic carbocycles. The van der Waals surface area contributed by atoms with Gasteiger partial charge < -0.3 is 25.2 Å². The molecule has 9 nitrogen and oxygen atoms in total. The van der Waals surface area contributed by atoms with E-state index in [4.69, 9.17) is 4.74 Å². The van der Waals surface area contributed by atoms with Gasteiger partial charge in [0.1, 0.15) is 17.5 Å². The van der Waals surface area contributed by atoms with Crippen LogP contribution in [0.4, 0.5) is 10.8 Å². The zero-order valence-corrected chi connectivity index (χ0v) is 21.1. The van der Waals surface area contributed by atoms with Crippen LogP contribution in [-0.2, 0) is 16.0 Å². The SMILES string of the molecule is COc1ccccc1Nc1nc(C(=O)N[C@H](Cc2ccccc2)C(=O)N2CCN(C(C)=O)CC2)cs1. The lowest BCUT2D eigenvalue weighted by Crippen LogP contribution is -2.56. The number of hydrogen-bond donors (Lipinski definition) is 2. The molecule has 0 bridgehead atoms. The molecule has 1 atom stereocenters. The summed E-state index contributed by atoms with van der Waals surface area (Å²) in [5, 5.41) is 8.26. The molecular weight excluding hydrogens is 478 g/mol. The molecule has 0 saturated carbocycles. The predicted molar refractivity (Wildman–Crippen MR) is 139 cm³/mol. The molecule has 1 aliphatic heterocycles. The van der Waals surface area contributed by atoms with Gasteiger partial charge in [-0.15, -0.1) is 11.3 Å². The smallest absolute Gasteiger partial charge is 0.271 e. The largest absolute Gasteiger partial charge is 0.495 e. The van der Waals surface area contributed by atoms with Gasteiger partial charge in [-0.2, -0.15) is 0 Å². The van der Waals surface area contributed by atoms with Gasteiger partial charge in [-0.3, -0.25) is 14.4 Å². The Balaban J connectivity index is 1.46. The fourth-order valence-electron chi connectivity index (χ4n) is 4.04. The zero-order chi connectivity index (χ0) is 25.5. The van der Waals surface area contributed by atoms with Gasteiger partial charge in [-0.1, -0.05) is 42.5 Å². The Hall–Kier alpha value is -3.92. The van der Waals surface area contributed by atoms with Crippen molar-refractivity contribution in [1.29, 1.82) is 0 Å². The Kier molecular flexibility index (Phi) is 8.17. The van der Waals surface area contributed by atoms with Gasteiger partial charge in [-0.25, -0.2) is 4.98 Å². The number of anilines is 2. The number of nitrogens with zero attached hydrogens (tertiary/aromatic N) is 3. The van der Waals surface area contributed by atoms with E-state index in [1.54, 1.807) is 22.3 Å². The molecule has 1 aliphatic rings. The number of carbonyl (C=O) groups is 3. The summed E-state index contributed by atoms with van der Waals surface area (Å²) in [7, 11) is 1.59. The number of amides is 3. The van der Waals surface area contributed by atoms with Crippen molar-refractivity contribution in [3.8, 4) is 5.75 Å². The van der Waals surface area contributed by atoms with Gasteiger partial charge in [-0.05, 0) is 17.7 Å². The van der Waals surface area contributed by atoms with Crippen molar-refractivity contribution in [2.75, 3.05) is 38.6 Å². The first-order valence-electron chi connectivity index (χ1n) is 11.7. The highest BCUT2D eigenvalue weighted by Gasteiger charge is 2.30. The molecule has 188 valence electrons. The van der Waals surface area contributed by atoms with Crippen LogP contribution in [-0.4, -0.2) is 71.8 Å². The fourth-order valence-corrected chi connectivity index (χ4v) is 4.75. The van der Waals surface area contributed by atoms with Crippen molar-refractivity contribution >= 4 is 39.9 Å². The average molecular weight is 508 g/mol. The molecule has 1 saturated heterocycles. The summed E-state index contributed by atoms with van der Waals surface area (Å²) < 4.78 is 5.36. The van der Waals surface area contributed by atoms with Crippen LogP contribution >= 0.6 is 11.3 Å². The van der Waals surface area contributed by atoms with E-state index in [-0.39, 0.29) is 17.5 Å². The van der Waals surface area contributed by atoms with E-state index in [1.165, 1.54) is 18.3 Å². The maximum atomic E-state index is 13.4.